The molecule has 8 heteroatoms. The molecule has 1 fully saturated rings. The molecule has 0 spiro atoms. The Kier molecular flexibility index (Phi) is 7.44. The Bertz CT molecular complexity index is 926. The van der Waals surface area contributed by atoms with Gasteiger partial charge in [-0.1, -0.05) is 25.1 Å². The molecule has 0 bridgehead atoms. The number of allylic oxidation sites excluding steroid dienone is 1. The Morgan fingerprint density at radius 1 is 1.39 bits per heavy atom. The van der Waals surface area contributed by atoms with Crippen LogP contribution in [-0.4, -0.2) is 67.5 Å². The fraction of sp³-hybridized carbons (Fsp3) is 0.609. The van der Waals surface area contributed by atoms with E-state index in [-0.39, 0.29) is 41.7 Å². The van der Waals surface area contributed by atoms with E-state index in [2.05, 4.69) is 0 Å². The van der Waals surface area contributed by atoms with Gasteiger partial charge in [-0.25, -0.2) is 8.42 Å². The molecule has 7 nitrogen and oxygen atoms in total. The van der Waals surface area contributed by atoms with Crippen LogP contribution in [0.25, 0.3) is 6.08 Å². The van der Waals surface area contributed by atoms with Gasteiger partial charge in [-0.3, -0.25) is 4.79 Å². The summed E-state index contributed by atoms with van der Waals surface area (Å²) in [5.41, 5.74) is 0.836. The summed E-state index contributed by atoms with van der Waals surface area (Å²) in [6.07, 6.45) is 6.17. The van der Waals surface area contributed by atoms with E-state index in [1.807, 2.05) is 26.0 Å². The molecular formula is C23H34N2O5S. The number of carbonyl (C=O) groups excluding carboxylic acids is 1. The number of benzene rings is 1. The van der Waals surface area contributed by atoms with E-state index in [4.69, 9.17) is 4.74 Å². The Morgan fingerprint density at radius 3 is 2.71 bits per heavy atom. The van der Waals surface area contributed by atoms with Gasteiger partial charge in [0.05, 0.1) is 13.2 Å². The van der Waals surface area contributed by atoms with Gasteiger partial charge in [0.1, 0.15) is 16.7 Å². The van der Waals surface area contributed by atoms with Crippen LogP contribution in [0.3, 0.4) is 0 Å². The number of hydrogen-bond acceptors (Lipinski definition) is 5. The molecule has 1 saturated carbocycles. The summed E-state index contributed by atoms with van der Waals surface area (Å²) in [6.45, 7) is 5.82. The van der Waals surface area contributed by atoms with Gasteiger partial charge < -0.3 is 14.7 Å². The number of aliphatic hydroxyl groups excluding tert-OH is 1. The van der Waals surface area contributed by atoms with Crippen LogP contribution in [0.2, 0.25) is 0 Å². The van der Waals surface area contributed by atoms with Crippen LogP contribution < -0.4 is 4.74 Å². The van der Waals surface area contributed by atoms with E-state index in [9.17, 15) is 18.3 Å². The second kappa shape index (κ2) is 9.71. The van der Waals surface area contributed by atoms with Crippen molar-refractivity contribution < 1.29 is 23.1 Å². The molecule has 0 aromatic heterocycles. The van der Waals surface area contributed by atoms with Gasteiger partial charge >= 0.3 is 0 Å². The highest BCUT2D eigenvalue weighted by atomic mass is 32.2. The number of aliphatic hydroxyl groups is 1. The number of sulfonamides is 1. The van der Waals surface area contributed by atoms with Gasteiger partial charge in [0.15, 0.2) is 0 Å². The Hall–Kier alpha value is -1.90. The summed E-state index contributed by atoms with van der Waals surface area (Å²) in [5.74, 6) is 0.695. The normalized spacial score (nSPS) is 24.7. The summed E-state index contributed by atoms with van der Waals surface area (Å²) in [4.78, 5) is 14.3. The predicted octanol–water partition coefficient (Wildman–Crippen LogP) is 2.75. The van der Waals surface area contributed by atoms with Crippen molar-refractivity contribution in [2.24, 2.45) is 11.8 Å². The quantitative estimate of drug-likeness (QED) is 0.690. The van der Waals surface area contributed by atoms with Crippen LogP contribution in [0.5, 0.6) is 5.75 Å². The lowest BCUT2D eigenvalue weighted by Crippen LogP contribution is -2.50. The van der Waals surface area contributed by atoms with Crippen LogP contribution in [0.15, 0.2) is 29.2 Å². The summed E-state index contributed by atoms with van der Waals surface area (Å²) in [6, 6.07) is 4.47. The van der Waals surface area contributed by atoms with Crippen LogP contribution in [0, 0.1) is 11.8 Å². The first-order chi connectivity index (χ1) is 14.7. The van der Waals surface area contributed by atoms with E-state index >= 15 is 0 Å². The number of hydrogen-bond donors (Lipinski definition) is 1. The maximum absolute atomic E-state index is 13.4. The molecule has 1 aliphatic carbocycles. The van der Waals surface area contributed by atoms with Gasteiger partial charge in [0.25, 0.3) is 0 Å². The Labute approximate surface area is 185 Å². The second-order valence-corrected chi connectivity index (χ2v) is 10.7. The highest BCUT2D eigenvalue weighted by molar-refractivity contribution is 7.89. The number of amides is 1. The fourth-order valence-electron chi connectivity index (χ4n) is 3.85. The largest absolute Gasteiger partial charge is 0.487 e. The van der Waals surface area contributed by atoms with E-state index in [1.54, 1.807) is 37.1 Å². The molecular weight excluding hydrogens is 416 g/mol. The zero-order valence-corrected chi connectivity index (χ0v) is 19.6. The number of ether oxygens (including phenoxy) is 1. The average Bonchev–Trinajstić information content (AvgIpc) is 3.54. The van der Waals surface area contributed by atoms with Crippen molar-refractivity contribution in [3.8, 4) is 5.75 Å². The lowest BCUT2D eigenvalue weighted by atomic mass is 10.0. The zero-order valence-electron chi connectivity index (χ0n) is 18.8. The molecule has 1 aromatic rings. The minimum Gasteiger partial charge on any atom is -0.487 e. The molecule has 0 radical (unpaired) electrons. The van der Waals surface area contributed by atoms with Gasteiger partial charge in [-0.05, 0) is 50.3 Å². The molecule has 2 aliphatic rings. The summed E-state index contributed by atoms with van der Waals surface area (Å²) < 4.78 is 34.5. The number of carbonyl (C=O) groups is 1. The molecule has 0 saturated heterocycles. The maximum Gasteiger partial charge on any atom is 0.247 e. The third-order valence-electron chi connectivity index (χ3n) is 6.09. The molecule has 172 valence electrons. The minimum absolute atomic E-state index is 0.0879. The number of rotatable bonds is 7. The molecule has 0 unspecified atom stereocenters. The van der Waals surface area contributed by atoms with Crippen LogP contribution in [0.1, 0.15) is 45.6 Å². The number of fused-ring (bicyclic) bond motifs is 1. The number of likely N-dealkylation sites (N-methyl/N-ethyl adjacent to an activating group) is 1. The Morgan fingerprint density at radius 2 is 2.10 bits per heavy atom. The van der Waals surface area contributed by atoms with Gasteiger partial charge in [-0.15, -0.1) is 0 Å². The monoisotopic (exact) mass is 450 g/mol. The van der Waals surface area contributed by atoms with Crippen molar-refractivity contribution >= 4 is 22.0 Å². The standard InChI is InChI=1S/C23H34N2O5S/c1-5-6-18-9-10-22-20(11-18)30-21(14-24(4)23(27)12-19-7-8-19)16(2)13-25(17(3)15-26)31(22,28)29/h5-6,9-11,16-17,19,21,26H,7-8,12-15H2,1-4H3/b6-5+/t16-,17-,21-/m1/s1. The highest BCUT2D eigenvalue weighted by Gasteiger charge is 2.38. The molecule has 1 aromatic carbocycles. The van der Waals surface area contributed by atoms with Crippen LogP contribution in [-0.2, 0) is 14.8 Å². The topological polar surface area (TPSA) is 87.2 Å². The van der Waals surface area contributed by atoms with Crippen molar-refractivity contribution in [3.63, 3.8) is 0 Å². The van der Waals surface area contributed by atoms with Crippen LogP contribution >= 0.6 is 0 Å². The SMILES string of the molecule is C/C=C/c1ccc2c(c1)O[C@H](CN(C)C(=O)CC1CC1)[C@H](C)CN([C@H](C)CO)S2(=O)=O. The second-order valence-electron chi connectivity index (χ2n) is 8.87. The first kappa shape index (κ1) is 23.8. The predicted molar refractivity (Wildman–Crippen MR) is 120 cm³/mol. The molecule has 3 rings (SSSR count). The van der Waals surface area contributed by atoms with E-state index in [1.165, 1.54) is 4.31 Å². The summed E-state index contributed by atoms with van der Waals surface area (Å²) >= 11 is 0. The summed E-state index contributed by atoms with van der Waals surface area (Å²) in [5, 5.41) is 9.70. The first-order valence-corrected chi connectivity index (χ1v) is 12.4. The molecule has 1 N–H and O–H groups in total. The number of nitrogens with zero attached hydrogens (tertiary/aromatic N) is 2. The minimum atomic E-state index is -3.85. The molecule has 1 amide bonds. The third-order valence-corrected chi connectivity index (χ3v) is 8.11. The third kappa shape index (κ3) is 5.48. The average molecular weight is 451 g/mol. The van der Waals surface area contributed by atoms with Gasteiger partial charge in [-0.2, -0.15) is 4.31 Å². The molecule has 1 heterocycles. The molecule has 3 atom stereocenters. The van der Waals surface area contributed by atoms with E-state index < -0.39 is 16.1 Å². The van der Waals surface area contributed by atoms with Crippen molar-refractivity contribution in [2.45, 2.75) is 57.1 Å². The summed E-state index contributed by atoms with van der Waals surface area (Å²) in [7, 11) is -2.07. The lowest BCUT2D eigenvalue weighted by molar-refractivity contribution is -0.131. The molecule has 1 aliphatic heterocycles. The Balaban J connectivity index is 1.97. The van der Waals surface area contributed by atoms with Crippen molar-refractivity contribution in [1.29, 1.82) is 0 Å². The van der Waals surface area contributed by atoms with Crippen molar-refractivity contribution in [1.82, 2.24) is 9.21 Å². The maximum atomic E-state index is 13.4. The highest BCUT2D eigenvalue weighted by Crippen LogP contribution is 2.35. The zero-order chi connectivity index (χ0) is 22.8. The van der Waals surface area contributed by atoms with E-state index in [0.717, 1.165) is 18.4 Å². The first-order valence-electron chi connectivity index (χ1n) is 11.0. The fourth-order valence-corrected chi connectivity index (χ4v) is 5.68. The van der Waals surface area contributed by atoms with Crippen molar-refractivity contribution in [3.05, 3.63) is 29.8 Å². The van der Waals surface area contributed by atoms with Crippen molar-refractivity contribution in [2.75, 3.05) is 26.7 Å². The van der Waals surface area contributed by atoms with E-state index in [0.29, 0.717) is 18.9 Å². The lowest BCUT2D eigenvalue weighted by Gasteiger charge is -2.37. The van der Waals surface area contributed by atoms with Gasteiger partial charge in [0.2, 0.25) is 15.9 Å². The molecule has 31 heavy (non-hydrogen) atoms. The van der Waals surface area contributed by atoms with Crippen LogP contribution in [0.4, 0.5) is 0 Å². The van der Waals surface area contributed by atoms with Gasteiger partial charge in [0, 0.05) is 32.0 Å². The smallest absolute Gasteiger partial charge is 0.247 e.